The first-order chi connectivity index (χ1) is 12.2. The second-order valence-corrected chi connectivity index (χ2v) is 5.91. The van der Waals surface area contributed by atoms with Crippen molar-refractivity contribution in [2.24, 2.45) is 0 Å². The van der Waals surface area contributed by atoms with Crippen LogP contribution >= 0.6 is 11.6 Å². The molecule has 2 aromatic rings. The number of halogens is 4. The molecule has 0 spiro atoms. The number of hydrogen-bond donors (Lipinski definition) is 1. The number of nitrogens with zero attached hydrogens (tertiary/aromatic N) is 1. The summed E-state index contributed by atoms with van der Waals surface area (Å²) in [6.45, 7) is 1.57. The van der Waals surface area contributed by atoms with E-state index in [1.807, 2.05) is 0 Å². The van der Waals surface area contributed by atoms with Gasteiger partial charge in [0.05, 0.1) is 5.56 Å². The lowest BCUT2D eigenvalue weighted by molar-refractivity contribution is -0.137. The molecule has 0 aromatic heterocycles. The molecule has 2 amide bonds. The van der Waals surface area contributed by atoms with Crippen LogP contribution in [0.25, 0.3) is 0 Å². The molecule has 26 heavy (non-hydrogen) atoms. The number of anilines is 1. The normalized spacial score (nSPS) is 11.1. The molecule has 4 nitrogen and oxygen atoms in total. The van der Waals surface area contributed by atoms with E-state index in [2.05, 4.69) is 5.32 Å². The van der Waals surface area contributed by atoms with E-state index in [4.69, 9.17) is 11.6 Å². The van der Waals surface area contributed by atoms with Crippen LogP contribution in [-0.4, -0.2) is 24.9 Å². The topological polar surface area (TPSA) is 49.4 Å². The van der Waals surface area contributed by atoms with Crippen molar-refractivity contribution in [2.45, 2.75) is 13.1 Å². The highest BCUT2D eigenvalue weighted by molar-refractivity contribution is 6.30. The van der Waals surface area contributed by atoms with Crippen LogP contribution < -0.4 is 10.2 Å². The van der Waals surface area contributed by atoms with Crippen molar-refractivity contribution in [3.8, 4) is 0 Å². The maximum absolute atomic E-state index is 12.6. The highest BCUT2D eigenvalue weighted by Gasteiger charge is 2.30. The number of nitrogens with one attached hydrogen (secondary N) is 1. The smallest absolute Gasteiger partial charge is 0.350 e. The Labute approximate surface area is 153 Å². The molecule has 0 heterocycles. The first-order valence-corrected chi connectivity index (χ1v) is 8.05. The molecule has 0 saturated heterocycles. The number of benzene rings is 2. The minimum absolute atomic E-state index is 0.125. The van der Waals surface area contributed by atoms with E-state index in [9.17, 15) is 22.8 Å². The van der Waals surface area contributed by atoms with Crippen molar-refractivity contribution in [1.29, 1.82) is 0 Å². The zero-order valence-electron chi connectivity index (χ0n) is 13.8. The van der Waals surface area contributed by atoms with Gasteiger partial charge in [0.2, 0.25) is 5.91 Å². The van der Waals surface area contributed by atoms with Gasteiger partial charge in [0.25, 0.3) is 5.91 Å². The number of carbonyl (C=O) groups excluding carboxylic acids is 2. The van der Waals surface area contributed by atoms with E-state index < -0.39 is 11.7 Å². The van der Waals surface area contributed by atoms with Gasteiger partial charge in [0.1, 0.15) is 0 Å². The number of rotatable bonds is 5. The lowest BCUT2D eigenvalue weighted by Crippen LogP contribution is -2.37. The van der Waals surface area contributed by atoms with Crippen molar-refractivity contribution < 1.29 is 22.8 Å². The molecule has 138 valence electrons. The van der Waals surface area contributed by atoms with Crippen LogP contribution in [0.4, 0.5) is 18.9 Å². The lowest BCUT2D eigenvalue weighted by Gasteiger charge is -2.22. The quantitative estimate of drug-likeness (QED) is 0.842. The summed E-state index contributed by atoms with van der Waals surface area (Å²) in [5.41, 5.74) is -0.0506. The monoisotopic (exact) mass is 384 g/mol. The molecule has 1 N–H and O–H groups in total. The third kappa shape index (κ3) is 5.23. The zero-order chi connectivity index (χ0) is 19.3. The van der Waals surface area contributed by atoms with Gasteiger partial charge in [-0.3, -0.25) is 9.59 Å². The molecule has 0 radical (unpaired) electrons. The highest BCUT2D eigenvalue weighted by Crippen LogP contribution is 2.30. The van der Waals surface area contributed by atoms with Crippen molar-refractivity contribution in [2.75, 3.05) is 18.0 Å². The molecule has 0 atom stereocenters. The van der Waals surface area contributed by atoms with E-state index >= 15 is 0 Å². The van der Waals surface area contributed by atoms with Gasteiger partial charge in [-0.15, -0.1) is 0 Å². The van der Waals surface area contributed by atoms with Crippen LogP contribution in [0.15, 0.2) is 48.5 Å². The summed E-state index contributed by atoms with van der Waals surface area (Å²) in [6.07, 6.45) is -4.44. The predicted octanol–water partition coefficient (Wildman–Crippen LogP) is 4.14. The Kier molecular flexibility index (Phi) is 6.26. The first-order valence-electron chi connectivity index (χ1n) is 7.67. The Morgan fingerprint density at radius 3 is 2.12 bits per heavy atom. The minimum atomic E-state index is -4.44. The summed E-state index contributed by atoms with van der Waals surface area (Å²) in [5, 5.41) is 3.16. The Morgan fingerprint density at radius 2 is 1.62 bits per heavy atom. The van der Waals surface area contributed by atoms with Gasteiger partial charge in [-0.2, -0.15) is 13.2 Å². The van der Waals surface area contributed by atoms with Crippen LogP contribution in [0.1, 0.15) is 22.8 Å². The molecular formula is C18H16ClF3N2O2. The van der Waals surface area contributed by atoms with E-state index in [0.717, 1.165) is 12.1 Å². The Morgan fingerprint density at radius 1 is 1.04 bits per heavy atom. The third-order valence-corrected chi connectivity index (χ3v) is 3.87. The largest absolute Gasteiger partial charge is 0.416 e. The molecule has 0 aliphatic heterocycles. The maximum atomic E-state index is 12.6. The molecule has 0 aliphatic carbocycles. The Hall–Kier alpha value is -2.54. The van der Waals surface area contributed by atoms with Gasteiger partial charge < -0.3 is 10.2 Å². The van der Waals surface area contributed by atoms with Crippen molar-refractivity contribution in [3.63, 3.8) is 0 Å². The molecule has 8 heteroatoms. The second-order valence-electron chi connectivity index (χ2n) is 5.48. The molecule has 0 unspecified atom stereocenters. The Bertz CT molecular complexity index is 775. The minimum Gasteiger partial charge on any atom is -0.350 e. The predicted molar refractivity (Wildman–Crippen MR) is 93.3 cm³/mol. The van der Waals surface area contributed by atoms with Crippen LogP contribution in [0.5, 0.6) is 0 Å². The molecule has 2 aromatic carbocycles. The van der Waals surface area contributed by atoms with Crippen LogP contribution in [-0.2, 0) is 11.0 Å². The van der Waals surface area contributed by atoms with Gasteiger partial charge in [-0.25, -0.2) is 0 Å². The summed E-state index contributed by atoms with van der Waals surface area (Å²) < 4.78 is 37.9. The fraction of sp³-hybridized carbons (Fsp3) is 0.222. The average Bonchev–Trinajstić information content (AvgIpc) is 2.58. The summed E-state index contributed by atoms with van der Waals surface area (Å²) >= 11 is 5.76. The fourth-order valence-corrected chi connectivity index (χ4v) is 2.41. The number of carbonyl (C=O) groups is 2. The van der Waals surface area contributed by atoms with Gasteiger partial charge in [-0.1, -0.05) is 11.6 Å². The van der Waals surface area contributed by atoms with Crippen LogP contribution in [0.2, 0.25) is 5.02 Å². The van der Waals surface area contributed by atoms with Crippen LogP contribution in [0.3, 0.4) is 0 Å². The van der Waals surface area contributed by atoms with E-state index in [0.29, 0.717) is 16.3 Å². The van der Waals surface area contributed by atoms with Crippen molar-refractivity contribution in [1.82, 2.24) is 5.32 Å². The van der Waals surface area contributed by atoms with E-state index in [1.165, 1.54) is 24.0 Å². The van der Waals surface area contributed by atoms with E-state index in [1.54, 1.807) is 24.3 Å². The molecule has 2 rings (SSSR count). The maximum Gasteiger partial charge on any atom is 0.416 e. The zero-order valence-corrected chi connectivity index (χ0v) is 14.6. The number of amides is 2. The number of hydrogen-bond acceptors (Lipinski definition) is 2. The molecule has 0 saturated carbocycles. The average molecular weight is 385 g/mol. The standard InChI is InChI=1S/C18H16ClF3N2O2/c1-12(25)24(16-8-4-14(5-9-16)18(20,21)22)11-10-23-17(26)13-2-6-15(19)7-3-13/h2-9H,10-11H2,1H3,(H,23,26). The molecule has 0 aliphatic rings. The molecular weight excluding hydrogens is 369 g/mol. The third-order valence-electron chi connectivity index (χ3n) is 3.61. The second kappa shape index (κ2) is 8.23. The number of alkyl halides is 3. The van der Waals surface area contributed by atoms with Crippen molar-refractivity contribution in [3.05, 3.63) is 64.7 Å². The molecule has 0 bridgehead atoms. The van der Waals surface area contributed by atoms with Gasteiger partial charge in [0.15, 0.2) is 0 Å². The lowest BCUT2D eigenvalue weighted by atomic mass is 10.2. The first kappa shape index (κ1) is 19.8. The summed E-state index contributed by atoms with van der Waals surface area (Å²) in [6, 6.07) is 10.6. The van der Waals surface area contributed by atoms with Gasteiger partial charge >= 0.3 is 6.18 Å². The Balaban J connectivity index is 1.99. The van der Waals surface area contributed by atoms with E-state index in [-0.39, 0.29) is 24.9 Å². The fourth-order valence-electron chi connectivity index (χ4n) is 2.28. The summed E-state index contributed by atoms with van der Waals surface area (Å²) in [5.74, 6) is -0.678. The highest BCUT2D eigenvalue weighted by atomic mass is 35.5. The van der Waals surface area contributed by atoms with Gasteiger partial charge in [-0.05, 0) is 48.5 Å². The van der Waals surface area contributed by atoms with Crippen LogP contribution in [0, 0.1) is 0 Å². The molecule has 0 fully saturated rings. The van der Waals surface area contributed by atoms with Gasteiger partial charge in [0, 0.05) is 36.3 Å². The SMILES string of the molecule is CC(=O)N(CCNC(=O)c1ccc(Cl)cc1)c1ccc(C(F)(F)F)cc1. The van der Waals surface area contributed by atoms with Crippen molar-refractivity contribution >= 4 is 29.1 Å². The summed E-state index contributed by atoms with van der Waals surface area (Å²) in [7, 11) is 0. The summed E-state index contributed by atoms with van der Waals surface area (Å²) in [4.78, 5) is 25.1.